The Morgan fingerprint density at radius 2 is 1.82 bits per heavy atom. The second-order valence-electron chi connectivity index (χ2n) is 8.80. The van der Waals surface area contributed by atoms with Crippen LogP contribution in [0.1, 0.15) is 64.8 Å². The van der Waals surface area contributed by atoms with Gasteiger partial charge in [0.2, 0.25) is 5.16 Å². The SMILES string of the molecule is CC(C)c1ccc(C2CC(=O)c3cn4nc(SCc5ccc([N+](=O)[O-])cc5)nc4nc3C2)cc1. The molecule has 172 valence electrons. The maximum absolute atomic E-state index is 12.9. The summed E-state index contributed by atoms with van der Waals surface area (Å²) in [4.78, 5) is 32.5. The molecular formula is C25H23N5O3S. The summed E-state index contributed by atoms with van der Waals surface area (Å²) in [5.74, 6) is 1.69. The summed E-state index contributed by atoms with van der Waals surface area (Å²) in [6, 6.07) is 15.0. The molecule has 9 heteroatoms. The number of carbonyl (C=O) groups is 1. The third-order valence-electron chi connectivity index (χ3n) is 6.15. The molecule has 2 heterocycles. The van der Waals surface area contributed by atoms with Gasteiger partial charge in [0.25, 0.3) is 11.5 Å². The van der Waals surface area contributed by atoms with Gasteiger partial charge in [-0.15, -0.1) is 5.10 Å². The van der Waals surface area contributed by atoms with Crippen LogP contribution in [0.15, 0.2) is 59.9 Å². The fraction of sp³-hybridized carbons (Fsp3) is 0.280. The summed E-state index contributed by atoms with van der Waals surface area (Å²) in [5, 5.41) is 15.8. The zero-order chi connectivity index (χ0) is 23.8. The second-order valence-corrected chi connectivity index (χ2v) is 9.74. The highest BCUT2D eigenvalue weighted by Crippen LogP contribution is 2.33. The smallest absolute Gasteiger partial charge is 0.269 e. The van der Waals surface area contributed by atoms with Crippen LogP contribution in [0.5, 0.6) is 0 Å². The summed E-state index contributed by atoms with van der Waals surface area (Å²) in [5.41, 5.74) is 4.82. The fourth-order valence-corrected chi connectivity index (χ4v) is 4.96. The van der Waals surface area contributed by atoms with Crippen LogP contribution in [-0.2, 0) is 12.2 Å². The van der Waals surface area contributed by atoms with Gasteiger partial charge in [-0.2, -0.15) is 4.98 Å². The van der Waals surface area contributed by atoms with Crippen molar-refractivity contribution in [1.82, 2.24) is 19.6 Å². The van der Waals surface area contributed by atoms with Crippen LogP contribution in [-0.4, -0.2) is 30.3 Å². The molecule has 2 aromatic carbocycles. The van der Waals surface area contributed by atoms with Crippen LogP contribution in [0.3, 0.4) is 0 Å². The first-order chi connectivity index (χ1) is 16.4. The molecule has 0 N–H and O–H groups in total. The molecule has 4 aromatic rings. The predicted octanol–water partition coefficient (Wildman–Crippen LogP) is 5.36. The number of nitrogens with zero attached hydrogens (tertiary/aromatic N) is 5. The summed E-state index contributed by atoms with van der Waals surface area (Å²) < 4.78 is 1.56. The Balaban J connectivity index is 1.34. The fourth-order valence-electron chi connectivity index (χ4n) is 4.18. The van der Waals surface area contributed by atoms with Crippen molar-refractivity contribution < 1.29 is 9.72 Å². The van der Waals surface area contributed by atoms with E-state index in [0.29, 0.717) is 41.0 Å². The van der Waals surface area contributed by atoms with Crippen LogP contribution in [0, 0.1) is 10.1 Å². The molecule has 0 radical (unpaired) electrons. The minimum atomic E-state index is -0.416. The average Bonchev–Trinajstić information content (AvgIpc) is 3.23. The summed E-state index contributed by atoms with van der Waals surface area (Å²) in [7, 11) is 0. The van der Waals surface area contributed by atoms with E-state index in [1.54, 1.807) is 22.8 Å². The topological polar surface area (TPSA) is 103 Å². The minimum absolute atomic E-state index is 0.0632. The Labute approximate surface area is 200 Å². The number of benzene rings is 2. The van der Waals surface area contributed by atoms with Crippen molar-refractivity contribution in [2.24, 2.45) is 0 Å². The van der Waals surface area contributed by atoms with E-state index < -0.39 is 4.92 Å². The van der Waals surface area contributed by atoms with E-state index in [9.17, 15) is 14.9 Å². The Morgan fingerprint density at radius 1 is 1.09 bits per heavy atom. The number of thioether (sulfide) groups is 1. The third kappa shape index (κ3) is 4.43. The van der Waals surface area contributed by atoms with E-state index in [-0.39, 0.29) is 17.4 Å². The van der Waals surface area contributed by atoms with Crippen molar-refractivity contribution in [3.8, 4) is 0 Å². The van der Waals surface area contributed by atoms with Gasteiger partial charge in [-0.3, -0.25) is 14.9 Å². The van der Waals surface area contributed by atoms with Crippen molar-refractivity contribution in [2.45, 2.75) is 49.4 Å². The first-order valence-electron chi connectivity index (χ1n) is 11.1. The average molecular weight is 474 g/mol. The molecule has 34 heavy (non-hydrogen) atoms. The zero-order valence-electron chi connectivity index (χ0n) is 18.8. The summed E-state index contributed by atoms with van der Waals surface area (Å²) in [6.07, 6.45) is 2.88. The summed E-state index contributed by atoms with van der Waals surface area (Å²) in [6.45, 7) is 4.34. The van der Waals surface area contributed by atoms with Gasteiger partial charge in [-0.1, -0.05) is 62.0 Å². The van der Waals surface area contributed by atoms with Gasteiger partial charge in [0.15, 0.2) is 5.78 Å². The van der Waals surface area contributed by atoms with Crippen LogP contribution in [0.2, 0.25) is 0 Å². The molecule has 0 bridgehead atoms. The van der Waals surface area contributed by atoms with Crippen molar-refractivity contribution in [3.05, 3.63) is 92.8 Å². The third-order valence-corrected chi connectivity index (χ3v) is 7.06. The monoisotopic (exact) mass is 473 g/mol. The van der Waals surface area contributed by atoms with E-state index >= 15 is 0 Å². The Bertz CT molecular complexity index is 1380. The molecule has 0 saturated carbocycles. The number of aromatic nitrogens is 4. The highest BCUT2D eigenvalue weighted by Gasteiger charge is 2.28. The quantitative estimate of drug-likeness (QED) is 0.211. The molecule has 0 spiro atoms. The lowest BCUT2D eigenvalue weighted by atomic mass is 9.81. The van der Waals surface area contributed by atoms with Crippen molar-refractivity contribution in [2.75, 3.05) is 0 Å². The highest BCUT2D eigenvalue weighted by molar-refractivity contribution is 7.98. The van der Waals surface area contributed by atoms with Crippen LogP contribution >= 0.6 is 11.8 Å². The molecule has 0 amide bonds. The van der Waals surface area contributed by atoms with E-state index in [1.807, 2.05) is 0 Å². The van der Waals surface area contributed by atoms with E-state index in [0.717, 1.165) is 16.8 Å². The first kappa shape index (κ1) is 22.2. The number of carbonyl (C=O) groups excluding carboxylic acids is 1. The molecule has 0 fully saturated rings. The number of non-ortho nitro benzene ring substituents is 1. The van der Waals surface area contributed by atoms with E-state index in [4.69, 9.17) is 0 Å². The lowest BCUT2D eigenvalue weighted by Crippen LogP contribution is -2.21. The van der Waals surface area contributed by atoms with Gasteiger partial charge >= 0.3 is 0 Å². The number of hydrogen-bond acceptors (Lipinski definition) is 7. The molecule has 1 aliphatic rings. The van der Waals surface area contributed by atoms with Crippen LogP contribution < -0.4 is 0 Å². The molecule has 2 aromatic heterocycles. The first-order valence-corrected chi connectivity index (χ1v) is 12.1. The van der Waals surface area contributed by atoms with Gasteiger partial charge in [-0.05, 0) is 34.9 Å². The Kier molecular flexibility index (Phi) is 5.87. The molecule has 8 nitrogen and oxygen atoms in total. The molecule has 0 aliphatic heterocycles. The number of nitro benzene ring substituents is 1. The van der Waals surface area contributed by atoms with Crippen molar-refractivity contribution in [1.29, 1.82) is 0 Å². The Morgan fingerprint density at radius 3 is 2.50 bits per heavy atom. The highest BCUT2D eigenvalue weighted by atomic mass is 32.2. The largest absolute Gasteiger partial charge is 0.294 e. The lowest BCUT2D eigenvalue weighted by molar-refractivity contribution is -0.384. The van der Waals surface area contributed by atoms with Gasteiger partial charge in [0, 0.05) is 30.5 Å². The van der Waals surface area contributed by atoms with Gasteiger partial charge < -0.3 is 0 Å². The maximum atomic E-state index is 12.9. The molecule has 1 aliphatic carbocycles. The van der Waals surface area contributed by atoms with Crippen molar-refractivity contribution >= 4 is 29.0 Å². The van der Waals surface area contributed by atoms with Gasteiger partial charge in [0.1, 0.15) is 0 Å². The minimum Gasteiger partial charge on any atom is -0.294 e. The van der Waals surface area contributed by atoms with E-state index in [1.165, 1.54) is 29.5 Å². The normalized spacial score (nSPS) is 15.6. The molecular weight excluding hydrogens is 450 g/mol. The standard InChI is InChI=1S/C25H23N5O3S/c1-15(2)17-5-7-18(8-6-17)19-11-22-21(23(31)12-19)13-29-24(26-22)27-25(28-29)34-14-16-3-9-20(10-4-16)30(32)33/h3-10,13,15,19H,11-12,14H2,1-2H3. The number of Topliss-reactive ketones (excluding diaryl/α,β-unsaturated/α-hetero) is 1. The second kappa shape index (κ2) is 8.98. The summed E-state index contributed by atoms with van der Waals surface area (Å²) >= 11 is 1.42. The number of rotatable bonds is 6. The van der Waals surface area contributed by atoms with Crippen LogP contribution in [0.4, 0.5) is 5.69 Å². The van der Waals surface area contributed by atoms with Crippen molar-refractivity contribution in [3.63, 3.8) is 0 Å². The Hall–Kier alpha value is -3.59. The maximum Gasteiger partial charge on any atom is 0.269 e. The zero-order valence-corrected chi connectivity index (χ0v) is 19.7. The van der Waals surface area contributed by atoms with Crippen LogP contribution in [0.25, 0.3) is 5.78 Å². The molecule has 5 rings (SSSR count). The molecule has 1 unspecified atom stereocenters. The molecule has 0 saturated heterocycles. The number of ketones is 1. The van der Waals surface area contributed by atoms with Gasteiger partial charge in [-0.25, -0.2) is 9.50 Å². The predicted molar refractivity (Wildman–Crippen MR) is 129 cm³/mol. The number of fused-ring (bicyclic) bond motifs is 2. The van der Waals surface area contributed by atoms with Gasteiger partial charge in [0.05, 0.1) is 16.2 Å². The number of hydrogen-bond donors (Lipinski definition) is 0. The number of nitro groups is 1. The lowest BCUT2D eigenvalue weighted by Gasteiger charge is -2.23. The molecule has 1 atom stereocenters. The van der Waals surface area contributed by atoms with E-state index in [2.05, 4.69) is 53.2 Å².